The number of rotatable bonds is 4. The van der Waals surface area contributed by atoms with Crippen molar-refractivity contribution in [1.29, 1.82) is 0 Å². The molecule has 0 aliphatic heterocycles. The van der Waals surface area contributed by atoms with E-state index in [1.165, 1.54) is 0 Å². The van der Waals surface area contributed by atoms with Crippen LogP contribution in [0.2, 0.25) is 0 Å². The number of nitrogens with one attached hydrogen (secondary N) is 1. The van der Waals surface area contributed by atoms with Crippen LogP contribution in [0.4, 0.5) is 11.4 Å². The molecule has 7 heteroatoms. The molecule has 1 heterocycles. The first-order valence-corrected chi connectivity index (χ1v) is 5.39. The Labute approximate surface area is 104 Å². The minimum absolute atomic E-state index is 0.0668. The first kappa shape index (κ1) is 12.0. The van der Waals surface area contributed by atoms with Crippen molar-refractivity contribution in [3.63, 3.8) is 0 Å². The molecule has 1 aromatic heterocycles. The summed E-state index contributed by atoms with van der Waals surface area (Å²) in [5, 5.41) is 21.6. The summed E-state index contributed by atoms with van der Waals surface area (Å²) in [4.78, 5) is 10.5. The van der Waals surface area contributed by atoms with Crippen LogP contribution in [0.1, 0.15) is 11.4 Å². The lowest BCUT2D eigenvalue weighted by atomic mass is 10.2. The molecule has 0 bridgehead atoms. The number of hydrogen-bond acceptors (Lipinski definition) is 5. The van der Waals surface area contributed by atoms with E-state index in [9.17, 15) is 10.1 Å². The van der Waals surface area contributed by atoms with E-state index < -0.39 is 4.92 Å². The molecule has 7 nitrogen and oxygen atoms in total. The molecule has 2 aromatic rings. The summed E-state index contributed by atoms with van der Waals surface area (Å²) in [6.45, 7) is 2.21. The van der Waals surface area contributed by atoms with Crippen molar-refractivity contribution in [3.8, 4) is 0 Å². The summed E-state index contributed by atoms with van der Waals surface area (Å²) in [7, 11) is 1.82. The fourth-order valence-electron chi connectivity index (χ4n) is 1.58. The van der Waals surface area contributed by atoms with Gasteiger partial charge in [0.1, 0.15) is 12.0 Å². The van der Waals surface area contributed by atoms with Gasteiger partial charge in [0.2, 0.25) is 0 Å². The molecule has 1 N–H and O–H groups in total. The van der Waals surface area contributed by atoms with E-state index in [1.807, 2.05) is 20.0 Å². The van der Waals surface area contributed by atoms with E-state index in [0.29, 0.717) is 18.1 Å². The average molecular weight is 247 g/mol. The molecule has 0 spiro atoms. The Balaban J connectivity index is 2.19. The Hall–Kier alpha value is -2.44. The van der Waals surface area contributed by atoms with Crippen molar-refractivity contribution in [2.75, 3.05) is 5.32 Å². The van der Waals surface area contributed by atoms with E-state index in [1.54, 1.807) is 23.0 Å². The van der Waals surface area contributed by atoms with Gasteiger partial charge in [-0.25, -0.2) is 0 Å². The van der Waals surface area contributed by atoms with Crippen LogP contribution in [0.3, 0.4) is 0 Å². The number of hydrogen-bond donors (Lipinski definition) is 1. The third kappa shape index (κ3) is 2.45. The monoisotopic (exact) mass is 247 g/mol. The second kappa shape index (κ2) is 4.82. The molecule has 18 heavy (non-hydrogen) atoms. The number of nitro benzene ring substituents is 1. The molecule has 2 rings (SSSR count). The van der Waals surface area contributed by atoms with Crippen molar-refractivity contribution in [3.05, 3.63) is 46.0 Å². The van der Waals surface area contributed by atoms with Gasteiger partial charge in [-0.2, -0.15) is 0 Å². The maximum atomic E-state index is 10.9. The Kier molecular flexibility index (Phi) is 3.22. The predicted octanol–water partition coefficient (Wildman–Crippen LogP) is 1.64. The maximum Gasteiger partial charge on any atom is 0.292 e. The van der Waals surface area contributed by atoms with Crippen LogP contribution < -0.4 is 5.32 Å². The van der Waals surface area contributed by atoms with Gasteiger partial charge in [0, 0.05) is 13.1 Å². The van der Waals surface area contributed by atoms with Crippen molar-refractivity contribution in [2.45, 2.75) is 13.5 Å². The summed E-state index contributed by atoms with van der Waals surface area (Å²) in [5.74, 6) is 0.713. The lowest BCUT2D eigenvalue weighted by Gasteiger charge is -2.07. The molecule has 0 unspecified atom stereocenters. The van der Waals surface area contributed by atoms with Crippen LogP contribution >= 0.6 is 0 Å². The standard InChI is InChI=1S/C11H13N5O2/c1-8-3-4-9(10(5-8)16(17)18)12-6-11-14-13-7-15(11)2/h3-5,7,12H,6H2,1-2H3. The average Bonchev–Trinajstić information content (AvgIpc) is 2.73. The highest BCUT2D eigenvalue weighted by atomic mass is 16.6. The third-order valence-electron chi connectivity index (χ3n) is 2.59. The Morgan fingerprint density at radius 3 is 2.89 bits per heavy atom. The van der Waals surface area contributed by atoms with Crippen molar-refractivity contribution in [1.82, 2.24) is 14.8 Å². The fourth-order valence-corrected chi connectivity index (χ4v) is 1.58. The molecule has 0 fully saturated rings. The van der Waals surface area contributed by atoms with Crippen LogP contribution in [0, 0.1) is 17.0 Å². The summed E-state index contributed by atoms with van der Waals surface area (Å²) < 4.78 is 1.76. The van der Waals surface area contributed by atoms with Gasteiger partial charge in [-0.1, -0.05) is 6.07 Å². The van der Waals surface area contributed by atoms with E-state index in [2.05, 4.69) is 15.5 Å². The van der Waals surface area contributed by atoms with Crippen molar-refractivity contribution >= 4 is 11.4 Å². The van der Waals surface area contributed by atoms with Crippen LogP contribution in [0.5, 0.6) is 0 Å². The van der Waals surface area contributed by atoms with Crippen molar-refractivity contribution < 1.29 is 4.92 Å². The lowest BCUT2D eigenvalue weighted by molar-refractivity contribution is -0.384. The number of aryl methyl sites for hydroxylation is 2. The number of nitro groups is 1. The highest BCUT2D eigenvalue weighted by Crippen LogP contribution is 2.25. The quantitative estimate of drug-likeness (QED) is 0.655. The third-order valence-corrected chi connectivity index (χ3v) is 2.59. The molecular formula is C11H13N5O2. The second-order valence-corrected chi connectivity index (χ2v) is 3.99. The molecular weight excluding hydrogens is 234 g/mol. The molecule has 0 radical (unpaired) electrons. The number of anilines is 1. The van der Waals surface area contributed by atoms with Gasteiger partial charge < -0.3 is 9.88 Å². The predicted molar refractivity (Wildman–Crippen MR) is 66.2 cm³/mol. The van der Waals surface area contributed by atoms with Gasteiger partial charge in [0.15, 0.2) is 5.82 Å². The number of nitrogens with zero attached hydrogens (tertiary/aromatic N) is 4. The number of aromatic nitrogens is 3. The minimum Gasteiger partial charge on any atom is -0.372 e. The largest absolute Gasteiger partial charge is 0.372 e. The zero-order chi connectivity index (χ0) is 13.1. The summed E-state index contributed by atoms with van der Waals surface area (Å²) in [6.07, 6.45) is 1.58. The van der Waals surface area contributed by atoms with Gasteiger partial charge >= 0.3 is 0 Å². The summed E-state index contributed by atoms with van der Waals surface area (Å²) in [6, 6.07) is 5.06. The van der Waals surface area contributed by atoms with Gasteiger partial charge in [0.05, 0.1) is 11.5 Å². The van der Waals surface area contributed by atoms with Gasteiger partial charge in [-0.3, -0.25) is 10.1 Å². The van der Waals surface area contributed by atoms with Gasteiger partial charge in [-0.05, 0) is 18.6 Å². The molecule has 0 saturated carbocycles. The number of benzene rings is 1. The highest BCUT2D eigenvalue weighted by molar-refractivity contribution is 5.62. The Bertz CT molecular complexity index is 579. The van der Waals surface area contributed by atoms with Crippen LogP contribution in [0.15, 0.2) is 24.5 Å². The van der Waals surface area contributed by atoms with E-state index in [0.717, 1.165) is 5.56 Å². The second-order valence-electron chi connectivity index (χ2n) is 3.99. The zero-order valence-corrected chi connectivity index (χ0v) is 10.1. The fraction of sp³-hybridized carbons (Fsp3) is 0.273. The van der Waals surface area contributed by atoms with E-state index >= 15 is 0 Å². The van der Waals surface area contributed by atoms with Crippen molar-refractivity contribution in [2.24, 2.45) is 7.05 Å². The molecule has 94 valence electrons. The first-order chi connectivity index (χ1) is 8.58. The lowest BCUT2D eigenvalue weighted by Crippen LogP contribution is -2.07. The van der Waals surface area contributed by atoms with Crippen LogP contribution in [-0.2, 0) is 13.6 Å². The van der Waals surface area contributed by atoms with Crippen LogP contribution in [-0.4, -0.2) is 19.7 Å². The first-order valence-electron chi connectivity index (χ1n) is 5.39. The molecule has 0 amide bonds. The topological polar surface area (TPSA) is 85.9 Å². The maximum absolute atomic E-state index is 10.9. The zero-order valence-electron chi connectivity index (χ0n) is 10.1. The van der Waals surface area contributed by atoms with Gasteiger partial charge in [0.25, 0.3) is 5.69 Å². The van der Waals surface area contributed by atoms with E-state index in [-0.39, 0.29) is 5.69 Å². The molecule has 0 aliphatic carbocycles. The molecule has 0 atom stereocenters. The van der Waals surface area contributed by atoms with E-state index in [4.69, 9.17) is 0 Å². The Morgan fingerprint density at radius 1 is 1.50 bits per heavy atom. The van der Waals surface area contributed by atoms with Gasteiger partial charge in [-0.15, -0.1) is 10.2 Å². The molecule has 0 aliphatic rings. The highest BCUT2D eigenvalue weighted by Gasteiger charge is 2.13. The summed E-state index contributed by atoms with van der Waals surface area (Å²) >= 11 is 0. The van der Waals surface area contributed by atoms with Crippen LogP contribution in [0.25, 0.3) is 0 Å². The molecule has 1 aromatic carbocycles. The normalized spacial score (nSPS) is 10.3. The smallest absolute Gasteiger partial charge is 0.292 e. The Morgan fingerprint density at radius 2 is 2.28 bits per heavy atom. The minimum atomic E-state index is -0.397. The molecule has 0 saturated heterocycles. The SMILES string of the molecule is Cc1ccc(NCc2nncn2C)c([N+](=O)[O-])c1. The summed E-state index contributed by atoms with van der Waals surface area (Å²) in [5.41, 5.74) is 1.40.